The van der Waals surface area contributed by atoms with Crippen LogP contribution in [0.25, 0.3) is 11.0 Å². The zero-order chi connectivity index (χ0) is 12.6. The molecule has 0 spiro atoms. The summed E-state index contributed by atoms with van der Waals surface area (Å²) in [7, 11) is 0. The van der Waals surface area contributed by atoms with Gasteiger partial charge in [0.05, 0.1) is 22.8 Å². The first-order chi connectivity index (χ1) is 8.68. The molecule has 90 valence electrons. The molecule has 0 saturated carbocycles. The van der Waals surface area contributed by atoms with E-state index in [9.17, 15) is 0 Å². The van der Waals surface area contributed by atoms with Gasteiger partial charge in [-0.15, -0.1) is 0 Å². The lowest BCUT2D eigenvalue weighted by Gasteiger charge is -2.22. The van der Waals surface area contributed by atoms with E-state index in [4.69, 9.17) is 5.73 Å². The van der Waals surface area contributed by atoms with Gasteiger partial charge in [-0.3, -0.25) is 4.98 Å². The number of imidazole rings is 1. The smallest absolute Gasteiger partial charge is 0.131 e. The second-order valence-electron chi connectivity index (χ2n) is 4.55. The van der Waals surface area contributed by atoms with Gasteiger partial charge in [0.1, 0.15) is 5.82 Å². The summed E-state index contributed by atoms with van der Waals surface area (Å²) in [6.07, 6.45) is 3.48. The van der Waals surface area contributed by atoms with Crippen molar-refractivity contribution in [3.05, 3.63) is 60.2 Å². The number of aromatic amines is 1. The van der Waals surface area contributed by atoms with Gasteiger partial charge in [0.25, 0.3) is 0 Å². The third-order valence-electron chi connectivity index (χ3n) is 3.15. The van der Waals surface area contributed by atoms with E-state index < -0.39 is 5.54 Å². The van der Waals surface area contributed by atoms with E-state index in [0.717, 1.165) is 22.4 Å². The Morgan fingerprint density at radius 1 is 1.17 bits per heavy atom. The average Bonchev–Trinajstić information content (AvgIpc) is 2.84. The molecule has 3 rings (SSSR count). The molecule has 1 unspecified atom stereocenters. The van der Waals surface area contributed by atoms with Gasteiger partial charge < -0.3 is 10.7 Å². The van der Waals surface area contributed by atoms with E-state index in [1.165, 1.54) is 0 Å². The molecule has 3 aromatic rings. The first-order valence-corrected chi connectivity index (χ1v) is 5.82. The number of fused-ring (bicyclic) bond motifs is 1. The van der Waals surface area contributed by atoms with Crippen LogP contribution in [0.3, 0.4) is 0 Å². The van der Waals surface area contributed by atoms with Gasteiger partial charge >= 0.3 is 0 Å². The van der Waals surface area contributed by atoms with Gasteiger partial charge in [-0.1, -0.05) is 30.3 Å². The fourth-order valence-corrected chi connectivity index (χ4v) is 2.02. The van der Waals surface area contributed by atoms with Crippen molar-refractivity contribution in [2.45, 2.75) is 12.5 Å². The highest BCUT2D eigenvalue weighted by molar-refractivity contribution is 5.73. The third-order valence-corrected chi connectivity index (χ3v) is 3.15. The molecule has 2 aromatic heterocycles. The summed E-state index contributed by atoms with van der Waals surface area (Å²) in [5, 5.41) is 0. The molecule has 0 aliphatic rings. The standard InChI is InChI=1S/C14H14N4/c1-14(15,10-5-3-2-4-6-10)13-17-11-7-8-16-9-12(11)18-13/h2-9H,15H2,1H3,(H,17,18). The Labute approximate surface area is 105 Å². The molecule has 1 aromatic carbocycles. The molecule has 1 atom stereocenters. The molecule has 3 N–H and O–H groups in total. The lowest BCUT2D eigenvalue weighted by molar-refractivity contribution is 0.567. The molecule has 0 bridgehead atoms. The maximum atomic E-state index is 6.41. The van der Waals surface area contributed by atoms with E-state index in [0.29, 0.717) is 0 Å². The van der Waals surface area contributed by atoms with E-state index in [2.05, 4.69) is 15.0 Å². The number of hydrogen-bond donors (Lipinski definition) is 2. The second-order valence-corrected chi connectivity index (χ2v) is 4.55. The Morgan fingerprint density at radius 2 is 1.94 bits per heavy atom. The summed E-state index contributed by atoms with van der Waals surface area (Å²) in [6.45, 7) is 1.95. The third kappa shape index (κ3) is 1.67. The van der Waals surface area contributed by atoms with Gasteiger partial charge in [-0.25, -0.2) is 4.98 Å². The van der Waals surface area contributed by atoms with E-state index in [-0.39, 0.29) is 0 Å². The van der Waals surface area contributed by atoms with Crippen molar-refractivity contribution in [1.29, 1.82) is 0 Å². The predicted octanol–water partition coefficient (Wildman–Crippen LogP) is 2.18. The molecule has 0 radical (unpaired) electrons. The van der Waals surface area contributed by atoms with Crippen molar-refractivity contribution < 1.29 is 0 Å². The molecule has 0 saturated heterocycles. The zero-order valence-corrected chi connectivity index (χ0v) is 10.1. The number of benzene rings is 1. The Balaban J connectivity index is 2.13. The van der Waals surface area contributed by atoms with Crippen LogP contribution < -0.4 is 5.73 Å². The Morgan fingerprint density at radius 3 is 2.67 bits per heavy atom. The van der Waals surface area contributed by atoms with E-state index in [1.807, 2.05) is 43.3 Å². The lowest BCUT2D eigenvalue weighted by atomic mass is 9.92. The minimum Gasteiger partial charge on any atom is -0.339 e. The topological polar surface area (TPSA) is 67.6 Å². The summed E-state index contributed by atoms with van der Waals surface area (Å²) in [5.41, 5.74) is 8.58. The molecule has 0 fully saturated rings. The van der Waals surface area contributed by atoms with Crippen molar-refractivity contribution in [2.75, 3.05) is 0 Å². The highest BCUT2D eigenvalue weighted by Gasteiger charge is 2.27. The number of nitrogens with two attached hydrogens (primary N) is 1. The first-order valence-electron chi connectivity index (χ1n) is 5.82. The van der Waals surface area contributed by atoms with Gasteiger partial charge in [-0.2, -0.15) is 0 Å². The number of hydrogen-bond acceptors (Lipinski definition) is 3. The molecule has 18 heavy (non-hydrogen) atoms. The van der Waals surface area contributed by atoms with Crippen LogP contribution in [0, 0.1) is 0 Å². The zero-order valence-electron chi connectivity index (χ0n) is 10.1. The minimum atomic E-state index is -0.639. The van der Waals surface area contributed by atoms with Crippen LogP contribution in [0.5, 0.6) is 0 Å². The van der Waals surface area contributed by atoms with E-state index >= 15 is 0 Å². The molecule has 4 nitrogen and oxygen atoms in total. The number of rotatable bonds is 2. The summed E-state index contributed by atoms with van der Waals surface area (Å²) < 4.78 is 0. The average molecular weight is 238 g/mol. The molecule has 4 heteroatoms. The number of nitrogens with one attached hydrogen (secondary N) is 1. The normalized spacial score (nSPS) is 14.6. The molecule has 0 aliphatic carbocycles. The molecular weight excluding hydrogens is 224 g/mol. The Kier molecular flexibility index (Phi) is 2.38. The largest absolute Gasteiger partial charge is 0.339 e. The maximum absolute atomic E-state index is 6.41. The molecule has 0 amide bonds. The summed E-state index contributed by atoms with van der Waals surface area (Å²) in [5.74, 6) is 0.747. The fourth-order valence-electron chi connectivity index (χ4n) is 2.02. The maximum Gasteiger partial charge on any atom is 0.131 e. The van der Waals surface area contributed by atoms with E-state index in [1.54, 1.807) is 12.4 Å². The van der Waals surface area contributed by atoms with Gasteiger partial charge in [-0.05, 0) is 18.6 Å². The van der Waals surface area contributed by atoms with Crippen molar-refractivity contribution in [3.8, 4) is 0 Å². The van der Waals surface area contributed by atoms with Crippen LogP contribution in [0.4, 0.5) is 0 Å². The van der Waals surface area contributed by atoms with Crippen molar-refractivity contribution in [3.63, 3.8) is 0 Å². The summed E-state index contributed by atoms with van der Waals surface area (Å²) in [6, 6.07) is 11.8. The number of nitrogens with zero attached hydrogens (tertiary/aromatic N) is 2. The van der Waals surface area contributed by atoms with Crippen molar-refractivity contribution in [2.24, 2.45) is 5.73 Å². The first kappa shape index (κ1) is 10.9. The number of aromatic nitrogens is 3. The molecule has 0 aliphatic heterocycles. The van der Waals surface area contributed by atoms with Crippen LogP contribution in [-0.2, 0) is 5.54 Å². The Hall–Kier alpha value is -2.20. The quantitative estimate of drug-likeness (QED) is 0.719. The fraction of sp³-hybridized carbons (Fsp3) is 0.143. The Bertz CT molecular complexity index is 637. The second kappa shape index (κ2) is 3.92. The van der Waals surface area contributed by atoms with Gasteiger partial charge in [0.15, 0.2) is 0 Å². The van der Waals surface area contributed by atoms with Gasteiger partial charge in [0.2, 0.25) is 0 Å². The predicted molar refractivity (Wildman–Crippen MR) is 71.0 cm³/mol. The molecule has 2 heterocycles. The lowest BCUT2D eigenvalue weighted by Crippen LogP contribution is -2.35. The van der Waals surface area contributed by atoms with Crippen LogP contribution in [0.2, 0.25) is 0 Å². The van der Waals surface area contributed by atoms with Crippen LogP contribution >= 0.6 is 0 Å². The van der Waals surface area contributed by atoms with Crippen LogP contribution in [0.15, 0.2) is 48.8 Å². The van der Waals surface area contributed by atoms with Crippen LogP contribution in [0.1, 0.15) is 18.3 Å². The SMILES string of the molecule is CC(N)(c1ccccc1)c1nc2ccncc2[nH]1. The molecular formula is C14H14N4. The number of H-pyrrole nitrogens is 1. The monoisotopic (exact) mass is 238 g/mol. The van der Waals surface area contributed by atoms with Crippen molar-refractivity contribution in [1.82, 2.24) is 15.0 Å². The number of pyridine rings is 1. The highest BCUT2D eigenvalue weighted by atomic mass is 15.0. The van der Waals surface area contributed by atoms with Crippen LogP contribution in [-0.4, -0.2) is 15.0 Å². The minimum absolute atomic E-state index is 0.639. The summed E-state index contributed by atoms with van der Waals surface area (Å²) >= 11 is 0. The summed E-state index contributed by atoms with van der Waals surface area (Å²) in [4.78, 5) is 11.8. The highest BCUT2D eigenvalue weighted by Crippen LogP contribution is 2.25. The van der Waals surface area contributed by atoms with Gasteiger partial charge in [0, 0.05) is 6.20 Å². The van der Waals surface area contributed by atoms with Crippen molar-refractivity contribution >= 4 is 11.0 Å².